The van der Waals surface area contributed by atoms with Crippen LogP contribution in [0.2, 0.25) is 0 Å². The highest BCUT2D eigenvalue weighted by Gasteiger charge is 2.09. The molecular weight excluding hydrogens is 232 g/mol. The highest BCUT2D eigenvalue weighted by atomic mass is 32.1. The van der Waals surface area contributed by atoms with E-state index in [4.69, 9.17) is 10.5 Å². The number of benzene rings is 1. The summed E-state index contributed by atoms with van der Waals surface area (Å²) in [7, 11) is 0. The van der Waals surface area contributed by atoms with E-state index in [9.17, 15) is 0 Å². The Balaban J connectivity index is 2.07. The minimum Gasteiger partial charge on any atom is -0.494 e. The molecule has 0 spiro atoms. The van der Waals surface area contributed by atoms with E-state index >= 15 is 0 Å². The Hall–Kier alpha value is -1.39. The lowest BCUT2D eigenvalue weighted by Gasteiger charge is -2.12. The van der Waals surface area contributed by atoms with Crippen molar-refractivity contribution in [3.05, 3.63) is 46.4 Å². The maximum atomic E-state index is 6.17. The number of aromatic nitrogens is 1. The zero-order chi connectivity index (χ0) is 12.1. The molecule has 1 unspecified atom stereocenters. The van der Waals surface area contributed by atoms with E-state index < -0.39 is 0 Å². The van der Waals surface area contributed by atoms with E-state index in [1.165, 1.54) is 4.88 Å². The lowest BCUT2D eigenvalue weighted by atomic mass is 10.0. The highest BCUT2D eigenvalue weighted by Crippen LogP contribution is 2.22. The van der Waals surface area contributed by atoms with E-state index in [0.717, 1.165) is 17.7 Å². The van der Waals surface area contributed by atoms with Crippen molar-refractivity contribution in [1.29, 1.82) is 0 Å². The van der Waals surface area contributed by atoms with Crippen molar-refractivity contribution in [2.75, 3.05) is 6.61 Å². The van der Waals surface area contributed by atoms with E-state index in [-0.39, 0.29) is 6.04 Å². The topological polar surface area (TPSA) is 48.1 Å². The molecule has 0 amide bonds. The van der Waals surface area contributed by atoms with Gasteiger partial charge in [-0.15, -0.1) is 11.3 Å². The van der Waals surface area contributed by atoms with Crippen LogP contribution in [-0.2, 0) is 6.42 Å². The Kier molecular flexibility index (Phi) is 4.12. The Labute approximate surface area is 105 Å². The lowest BCUT2D eigenvalue weighted by Crippen LogP contribution is -2.12. The van der Waals surface area contributed by atoms with Gasteiger partial charge in [0.1, 0.15) is 5.75 Å². The molecule has 0 fully saturated rings. The van der Waals surface area contributed by atoms with E-state index in [0.29, 0.717) is 6.61 Å². The smallest absolute Gasteiger partial charge is 0.119 e. The van der Waals surface area contributed by atoms with Crippen LogP contribution in [0, 0.1) is 0 Å². The van der Waals surface area contributed by atoms with Crippen LogP contribution < -0.4 is 10.5 Å². The number of hydrogen-bond acceptors (Lipinski definition) is 4. The van der Waals surface area contributed by atoms with E-state index in [2.05, 4.69) is 4.98 Å². The molecule has 0 saturated heterocycles. The molecule has 1 atom stereocenters. The molecule has 0 saturated carbocycles. The third-order valence-corrected chi connectivity index (χ3v) is 3.30. The van der Waals surface area contributed by atoms with Gasteiger partial charge < -0.3 is 10.5 Å². The molecule has 3 nitrogen and oxygen atoms in total. The van der Waals surface area contributed by atoms with Crippen LogP contribution in [0.5, 0.6) is 5.75 Å². The van der Waals surface area contributed by atoms with Gasteiger partial charge in [-0.05, 0) is 24.6 Å². The Morgan fingerprint density at radius 3 is 3.06 bits per heavy atom. The minimum atomic E-state index is -0.00384. The average molecular weight is 248 g/mol. The largest absolute Gasteiger partial charge is 0.494 e. The molecule has 2 N–H and O–H groups in total. The quantitative estimate of drug-likeness (QED) is 0.885. The van der Waals surface area contributed by atoms with Crippen LogP contribution in [0.4, 0.5) is 0 Å². The second kappa shape index (κ2) is 5.80. The van der Waals surface area contributed by atoms with Gasteiger partial charge in [0.25, 0.3) is 0 Å². The normalized spacial score (nSPS) is 12.4. The number of thiazole rings is 1. The maximum absolute atomic E-state index is 6.17. The van der Waals surface area contributed by atoms with E-state index in [1.54, 1.807) is 11.3 Å². The van der Waals surface area contributed by atoms with Crippen molar-refractivity contribution >= 4 is 11.3 Å². The molecule has 0 radical (unpaired) electrons. The van der Waals surface area contributed by atoms with Gasteiger partial charge in [-0.2, -0.15) is 0 Å². The number of nitrogens with two attached hydrogens (primary N) is 1. The standard InChI is InChI=1S/C13H16N2OS/c1-2-16-11-5-3-4-10(6-11)13(14)7-12-8-15-9-17-12/h3-6,8-9,13H,2,7,14H2,1H3. The van der Waals surface area contributed by atoms with Gasteiger partial charge in [0.15, 0.2) is 0 Å². The van der Waals surface area contributed by atoms with Gasteiger partial charge in [0.05, 0.1) is 12.1 Å². The predicted molar refractivity (Wildman–Crippen MR) is 70.4 cm³/mol. The monoisotopic (exact) mass is 248 g/mol. The van der Waals surface area contributed by atoms with Crippen LogP contribution in [0.3, 0.4) is 0 Å². The first-order valence-electron chi connectivity index (χ1n) is 5.65. The summed E-state index contributed by atoms with van der Waals surface area (Å²) in [5.74, 6) is 0.879. The first kappa shape index (κ1) is 12.1. The fourth-order valence-electron chi connectivity index (χ4n) is 1.68. The second-order valence-corrected chi connectivity index (χ2v) is 4.75. The van der Waals surface area contributed by atoms with Gasteiger partial charge in [-0.25, -0.2) is 0 Å². The van der Waals surface area contributed by atoms with Crippen molar-refractivity contribution in [3.8, 4) is 5.75 Å². The molecule has 4 heteroatoms. The molecule has 0 aliphatic carbocycles. The Bertz CT molecular complexity index is 456. The van der Waals surface area contributed by atoms with Crippen LogP contribution >= 0.6 is 11.3 Å². The van der Waals surface area contributed by atoms with Crippen molar-refractivity contribution in [3.63, 3.8) is 0 Å². The first-order valence-corrected chi connectivity index (χ1v) is 6.53. The SMILES string of the molecule is CCOc1cccc(C(N)Cc2cncs2)c1. The molecule has 0 aliphatic rings. The molecule has 1 aromatic carbocycles. The predicted octanol–water partition coefficient (Wildman–Crippen LogP) is 2.78. The molecule has 1 aromatic heterocycles. The summed E-state index contributed by atoms with van der Waals surface area (Å²) in [5.41, 5.74) is 9.11. The lowest BCUT2D eigenvalue weighted by molar-refractivity contribution is 0.339. The average Bonchev–Trinajstić information content (AvgIpc) is 2.83. The molecule has 0 aliphatic heterocycles. The fraction of sp³-hybridized carbons (Fsp3) is 0.308. The van der Waals surface area contributed by atoms with Crippen molar-refractivity contribution in [1.82, 2.24) is 4.98 Å². The third kappa shape index (κ3) is 3.28. The summed E-state index contributed by atoms with van der Waals surface area (Å²) in [6, 6.07) is 7.97. The highest BCUT2D eigenvalue weighted by molar-refractivity contribution is 7.09. The summed E-state index contributed by atoms with van der Waals surface area (Å²) >= 11 is 1.64. The van der Waals surface area contributed by atoms with Gasteiger partial charge in [-0.1, -0.05) is 12.1 Å². The van der Waals surface area contributed by atoms with Crippen LogP contribution in [0.15, 0.2) is 36.0 Å². The number of ether oxygens (including phenoxy) is 1. The van der Waals surface area contributed by atoms with E-state index in [1.807, 2.05) is 42.9 Å². The number of rotatable bonds is 5. The fourth-order valence-corrected chi connectivity index (χ4v) is 2.33. The summed E-state index contributed by atoms with van der Waals surface area (Å²) in [5, 5.41) is 0. The summed E-state index contributed by atoms with van der Waals surface area (Å²) in [6.07, 6.45) is 2.69. The van der Waals surface area contributed by atoms with Crippen LogP contribution in [0.1, 0.15) is 23.4 Å². The van der Waals surface area contributed by atoms with Crippen LogP contribution in [0.25, 0.3) is 0 Å². The molecule has 90 valence electrons. The minimum absolute atomic E-state index is 0.00384. The molecule has 17 heavy (non-hydrogen) atoms. The number of nitrogens with zero attached hydrogens (tertiary/aromatic N) is 1. The van der Waals surface area contributed by atoms with Crippen LogP contribution in [-0.4, -0.2) is 11.6 Å². The third-order valence-electron chi connectivity index (χ3n) is 2.50. The summed E-state index contributed by atoms with van der Waals surface area (Å²) in [6.45, 7) is 2.65. The summed E-state index contributed by atoms with van der Waals surface area (Å²) < 4.78 is 5.47. The molecule has 2 aromatic rings. The maximum Gasteiger partial charge on any atom is 0.119 e. The molecule has 1 heterocycles. The van der Waals surface area contributed by atoms with Crippen molar-refractivity contribution < 1.29 is 4.74 Å². The zero-order valence-electron chi connectivity index (χ0n) is 9.80. The van der Waals surface area contributed by atoms with Crippen molar-refractivity contribution in [2.24, 2.45) is 5.73 Å². The second-order valence-electron chi connectivity index (χ2n) is 3.78. The zero-order valence-corrected chi connectivity index (χ0v) is 10.6. The summed E-state index contributed by atoms with van der Waals surface area (Å²) in [4.78, 5) is 5.26. The van der Waals surface area contributed by atoms with Gasteiger partial charge in [0.2, 0.25) is 0 Å². The Morgan fingerprint density at radius 1 is 1.47 bits per heavy atom. The molecule has 2 rings (SSSR count). The molecular formula is C13H16N2OS. The number of hydrogen-bond donors (Lipinski definition) is 1. The Morgan fingerprint density at radius 2 is 2.35 bits per heavy atom. The molecule has 0 bridgehead atoms. The van der Waals surface area contributed by atoms with Crippen molar-refractivity contribution in [2.45, 2.75) is 19.4 Å². The first-order chi connectivity index (χ1) is 8.29. The van der Waals surface area contributed by atoms with Gasteiger partial charge >= 0.3 is 0 Å². The van der Waals surface area contributed by atoms with Gasteiger partial charge in [0, 0.05) is 23.5 Å². The van der Waals surface area contributed by atoms with Gasteiger partial charge in [-0.3, -0.25) is 4.98 Å².